The number of carbonyl (C=O) groups excluding carboxylic acids is 2. The number of rotatable bonds is 5. The fraction of sp³-hybridized carbons (Fsp3) is 0.176. The lowest BCUT2D eigenvalue weighted by Gasteiger charge is -2.05. The third-order valence-electron chi connectivity index (χ3n) is 3.53. The minimum atomic E-state index is -1.41. The molecule has 0 aromatic carbocycles. The van der Waals surface area contributed by atoms with Crippen molar-refractivity contribution in [1.29, 1.82) is 5.26 Å². The summed E-state index contributed by atoms with van der Waals surface area (Å²) >= 11 is 1.20. The van der Waals surface area contributed by atoms with Gasteiger partial charge in [-0.15, -0.1) is 11.3 Å². The molecule has 0 N–H and O–H groups in total. The van der Waals surface area contributed by atoms with Gasteiger partial charge in [0.15, 0.2) is 17.5 Å². The van der Waals surface area contributed by atoms with Crippen LogP contribution in [0.5, 0.6) is 0 Å². The minimum Gasteiger partial charge on any atom is -0.461 e. The Morgan fingerprint density at radius 1 is 1.29 bits per heavy atom. The van der Waals surface area contributed by atoms with Crippen molar-refractivity contribution in [2.45, 2.75) is 6.92 Å². The van der Waals surface area contributed by atoms with E-state index in [4.69, 9.17) is 4.42 Å². The van der Waals surface area contributed by atoms with Crippen molar-refractivity contribution < 1.29 is 14.0 Å². The van der Waals surface area contributed by atoms with E-state index in [1.807, 2.05) is 19.1 Å². The van der Waals surface area contributed by atoms with Gasteiger partial charge < -0.3 is 8.98 Å². The van der Waals surface area contributed by atoms with E-state index in [0.717, 1.165) is 10.6 Å². The quantitative estimate of drug-likeness (QED) is 0.526. The summed E-state index contributed by atoms with van der Waals surface area (Å²) in [6, 6.07) is 8.80. The van der Waals surface area contributed by atoms with Gasteiger partial charge in [0.25, 0.3) is 0 Å². The molecule has 7 heteroatoms. The second kappa shape index (κ2) is 6.26. The average molecular weight is 339 g/mol. The topological polar surface area (TPSA) is 88.9 Å². The van der Waals surface area contributed by atoms with Gasteiger partial charge in [-0.25, -0.2) is 4.98 Å². The van der Waals surface area contributed by atoms with Gasteiger partial charge >= 0.3 is 0 Å². The molecule has 0 unspecified atom stereocenters. The number of nitrogens with zero attached hydrogens (tertiary/aromatic N) is 3. The zero-order valence-electron chi connectivity index (χ0n) is 13.0. The summed E-state index contributed by atoms with van der Waals surface area (Å²) in [5.41, 5.74) is 0. The van der Waals surface area contributed by atoms with Crippen molar-refractivity contribution in [2.24, 2.45) is 13.0 Å². The van der Waals surface area contributed by atoms with Crippen molar-refractivity contribution in [3.05, 3.63) is 53.1 Å². The van der Waals surface area contributed by atoms with Crippen LogP contribution in [-0.2, 0) is 7.05 Å². The van der Waals surface area contributed by atoms with E-state index in [1.54, 1.807) is 31.4 Å². The number of ketones is 2. The lowest BCUT2D eigenvalue weighted by Crippen LogP contribution is -2.24. The van der Waals surface area contributed by atoms with Crippen molar-refractivity contribution in [2.75, 3.05) is 0 Å². The van der Waals surface area contributed by atoms with E-state index in [2.05, 4.69) is 4.98 Å². The van der Waals surface area contributed by atoms with Gasteiger partial charge in [0.1, 0.15) is 11.5 Å². The van der Waals surface area contributed by atoms with Crippen LogP contribution in [0.2, 0.25) is 0 Å². The number of furan rings is 1. The largest absolute Gasteiger partial charge is 0.461 e. The lowest BCUT2D eigenvalue weighted by atomic mass is 9.99. The molecular weight excluding hydrogens is 326 g/mol. The van der Waals surface area contributed by atoms with Gasteiger partial charge in [-0.05, 0) is 31.2 Å². The molecule has 3 rings (SSSR count). The first-order chi connectivity index (χ1) is 11.5. The number of hydrogen-bond acceptors (Lipinski definition) is 6. The highest BCUT2D eigenvalue weighted by molar-refractivity contribution is 7.17. The van der Waals surface area contributed by atoms with E-state index in [1.165, 1.54) is 22.1 Å². The minimum absolute atomic E-state index is 0.0911. The third kappa shape index (κ3) is 2.79. The fourth-order valence-electron chi connectivity index (χ4n) is 2.28. The Kier molecular flexibility index (Phi) is 4.15. The Labute approximate surface area is 142 Å². The molecule has 3 aromatic heterocycles. The molecule has 6 nitrogen and oxygen atoms in total. The molecule has 0 radical (unpaired) electrons. The van der Waals surface area contributed by atoms with Gasteiger partial charge in [0.05, 0.1) is 15.8 Å². The molecule has 1 atom stereocenters. The van der Waals surface area contributed by atoms with Crippen LogP contribution in [-0.4, -0.2) is 21.1 Å². The molecule has 0 saturated carbocycles. The Hall–Kier alpha value is -2.98. The number of hydrogen-bond donors (Lipinski definition) is 0. The summed E-state index contributed by atoms with van der Waals surface area (Å²) in [7, 11) is 1.64. The van der Waals surface area contributed by atoms with Crippen molar-refractivity contribution >= 4 is 22.9 Å². The van der Waals surface area contributed by atoms with Crippen LogP contribution in [0.3, 0.4) is 0 Å². The monoisotopic (exact) mass is 339 g/mol. The van der Waals surface area contributed by atoms with Crippen molar-refractivity contribution in [3.63, 3.8) is 0 Å². The van der Waals surface area contributed by atoms with Crippen LogP contribution < -0.4 is 0 Å². The highest BCUT2D eigenvalue weighted by atomic mass is 32.1. The van der Waals surface area contributed by atoms with Crippen LogP contribution in [0, 0.1) is 24.2 Å². The van der Waals surface area contributed by atoms with E-state index in [0.29, 0.717) is 10.6 Å². The smallest absolute Gasteiger partial charge is 0.223 e. The van der Waals surface area contributed by atoms with Crippen LogP contribution in [0.15, 0.2) is 41.1 Å². The number of aromatic nitrogens is 2. The molecule has 24 heavy (non-hydrogen) atoms. The Bertz CT molecular complexity index is 958. The lowest BCUT2D eigenvalue weighted by molar-refractivity contribution is 0.0840. The molecule has 0 spiro atoms. The standard InChI is InChI=1S/C17H13N3O3S/c1-10-3-4-12(23-10)13-5-6-14(24-13)15(21)11(9-18)16(22)17-19-7-8-20(17)2/h3-8,11H,1-2H3/t11-/m0/s1. The Morgan fingerprint density at radius 2 is 2.08 bits per heavy atom. The predicted octanol–water partition coefficient (Wildman–Crippen LogP) is 3.26. The van der Waals surface area contributed by atoms with E-state index >= 15 is 0 Å². The number of nitriles is 1. The van der Waals surface area contributed by atoms with E-state index < -0.39 is 17.5 Å². The van der Waals surface area contributed by atoms with Gasteiger partial charge in [-0.3, -0.25) is 9.59 Å². The molecule has 0 aliphatic rings. The highest BCUT2D eigenvalue weighted by Gasteiger charge is 2.31. The number of aryl methyl sites for hydroxylation is 2. The van der Waals surface area contributed by atoms with E-state index in [9.17, 15) is 14.9 Å². The summed E-state index contributed by atoms with van der Waals surface area (Å²) in [5.74, 6) is -1.01. The number of thiophene rings is 1. The van der Waals surface area contributed by atoms with Gasteiger partial charge in [0, 0.05) is 19.4 Å². The first-order valence-corrected chi connectivity index (χ1v) is 7.95. The maximum absolute atomic E-state index is 12.6. The first-order valence-electron chi connectivity index (χ1n) is 7.13. The predicted molar refractivity (Wildman–Crippen MR) is 87.7 cm³/mol. The normalized spacial score (nSPS) is 11.9. The summed E-state index contributed by atoms with van der Waals surface area (Å²) in [5, 5.41) is 9.30. The van der Waals surface area contributed by atoms with Crippen molar-refractivity contribution in [3.8, 4) is 16.7 Å². The molecule has 120 valence electrons. The third-order valence-corrected chi connectivity index (χ3v) is 4.64. The molecule has 0 aliphatic heterocycles. The molecule has 0 bridgehead atoms. The van der Waals surface area contributed by atoms with Gasteiger partial charge in [0.2, 0.25) is 5.78 Å². The van der Waals surface area contributed by atoms with Gasteiger partial charge in [-0.2, -0.15) is 5.26 Å². The number of carbonyl (C=O) groups is 2. The SMILES string of the molecule is Cc1ccc(-c2ccc(C(=O)[C@H](C#N)C(=O)c3nccn3C)s2)o1. The molecule has 0 fully saturated rings. The van der Waals surface area contributed by atoms with Gasteiger partial charge in [-0.1, -0.05) is 0 Å². The maximum Gasteiger partial charge on any atom is 0.223 e. The fourth-order valence-corrected chi connectivity index (χ4v) is 3.22. The van der Waals surface area contributed by atoms with Crippen LogP contribution in [0.1, 0.15) is 26.1 Å². The van der Waals surface area contributed by atoms with Crippen molar-refractivity contribution in [1.82, 2.24) is 9.55 Å². The number of Topliss-reactive ketones (excluding diaryl/α,β-unsaturated/α-hetero) is 2. The molecule has 0 saturated heterocycles. The van der Waals surface area contributed by atoms with Crippen LogP contribution in [0.4, 0.5) is 0 Å². The van der Waals surface area contributed by atoms with E-state index in [-0.39, 0.29) is 5.82 Å². The summed E-state index contributed by atoms with van der Waals surface area (Å²) in [4.78, 5) is 30.0. The second-order valence-corrected chi connectivity index (χ2v) is 6.31. The zero-order chi connectivity index (χ0) is 17.3. The zero-order valence-corrected chi connectivity index (χ0v) is 13.8. The number of imidazole rings is 1. The first kappa shape index (κ1) is 15.9. The Morgan fingerprint density at radius 3 is 2.67 bits per heavy atom. The molecule has 3 heterocycles. The highest BCUT2D eigenvalue weighted by Crippen LogP contribution is 2.31. The molecular formula is C17H13N3O3S. The second-order valence-electron chi connectivity index (χ2n) is 5.23. The molecule has 0 amide bonds. The molecule has 0 aliphatic carbocycles. The summed E-state index contributed by atoms with van der Waals surface area (Å²) in [6.07, 6.45) is 3.04. The Balaban J connectivity index is 1.88. The molecule has 3 aromatic rings. The van der Waals surface area contributed by atoms with Crippen LogP contribution in [0.25, 0.3) is 10.6 Å². The maximum atomic E-state index is 12.6. The summed E-state index contributed by atoms with van der Waals surface area (Å²) in [6.45, 7) is 1.83. The van der Waals surface area contributed by atoms with Crippen LogP contribution >= 0.6 is 11.3 Å². The average Bonchev–Trinajstić information content (AvgIpc) is 3.27. The summed E-state index contributed by atoms with van der Waals surface area (Å²) < 4.78 is 7.02.